The number of methoxy groups -OCH3 is 1. The maximum absolute atomic E-state index is 12.7. The molecule has 0 saturated carbocycles. The fraction of sp³-hybridized carbons (Fsp3) is 0.333. The molecule has 2 aromatic heterocycles. The number of para-hydroxylation sites is 2. The average molecular weight is 355 g/mol. The molecule has 3 aromatic rings. The number of aromatic amines is 1. The predicted molar refractivity (Wildman–Crippen MR) is 97.4 cm³/mol. The maximum Gasteiger partial charge on any atom is 0.274 e. The first-order valence-corrected chi connectivity index (χ1v) is 8.42. The molecule has 0 atom stereocenters. The van der Waals surface area contributed by atoms with Gasteiger partial charge in [-0.15, -0.1) is 0 Å². The number of nitrogens with zero attached hydrogens (tertiary/aromatic N) is 4. The van der Waals surface area contributed by atoms with Crippen molar-refractivity contribution in [3.8, 4) is 5.75 Å². The number of hydrogen-bond donors (Lipinski definition) is 1. The Morgan fingerprint density at radius 3 is 2.81 bits per heavy atom. The van der Waals surface area contributed by atoms with E-state index in [9.17, 15) is 9.59 Å². The normalized spacial score (nSPS) is 10.9. The van der Waals surface area contributed by atoms with Gasteiger partial charge in [-0.3, -0.25) is 14.7 Å². The Morgan fingerprint density at radius 2 is 2.08 bits per heavy atom. The molecule has 8 heteroatoms. The van der Waals surface area contributed by atoms with Gasteiger partial charge in [-0.25, -0.2) is 4.98 Å². The third-order valence-corrected chi connectivity index (χ3v) is 3.95. The smallest absolute Gasteiger partial charge is 0.274 e. The van der Waals surface area contributed by atoms with Crippen LogP contribution >= 0.6 is 0 Å². The van der Waals surface area contributed by atoms with Crippen LogP contribution in [-0.4, -0.2) is 32.6 Å². The van der Waals surface area contributed by atoms with Crippen LogP contribution in [0.4, 0.5) is 5.69 Å². The minimum atomic E-state index is -0.241. The first-order chi connectivity index (χ1) is 12.5. The lowest BCUT2D eigenvalue weighted by molar-refractivity contribution is -0.118. The molecule has 0 unspecified atom stereocenters. The SMILES string of the molecule is CCCC(=O)N(Cc1nc2nc(C)cc(=O)n2[nH]1)c1ccccc1OC. The predicted octanol–water partition coefficient (Wildman–Crippen LogP) is 2.07. The molecule has 136 valence electrons. The zero-order valence-electron chi connectivity index (χ0n) is 15.0. The molecular weight excluding hydrogens is 334 g/mol. The van der Waals surface area contributed by atoms with Crippen LogP contribution in [0.15, 0.2) is 35.1 Å². The number of hydrogen-bond acceptors (Lipinski definition) is 5. The fourth-order valence-corrected chi connectivity index (χ4v) is 2.77. The largest absolute Gasteiger partial charge is 0.495 e. The Kier molecular flexibility index (Phi) is 5.01. The van der Waals surface area contributed by atoms with E-state index < -0.39 is 0 Å². The van der Waals surface area contributed by atoms with Crippen LogP contribution in [0.3, 0.4) is 0 Å². The van der Waals surface area contributed by atoms with Crippen molar-refractivity contribution in [3.05, 3.63) is 52.2 Å². The van der Waals surface area contributed by atoms with Gasteiger partial charge in [0, 0.05) is 18.2 Å². The molecule has 0 aliphatic rings. The van der Waals surface area contributed by atoms with Crippen molar-refractivity contribution in [2.24, 2.45) is 0 Å². The summed E-state index contributed by atoms with van der Waals surface area (Å²) < 4.78 is 6.66. The number of benzene rings is 1. The Morgan fingerprint density at radius 1 is 1.31 bits per heavy atom. The summed E-state index contributed by atoms with van der Waals surface area (Å²) in [6.45, 7) is 3.87. The summed E-state index contributed by atoms with van der Waals surface area (Å²) in [4.78, 5) is 35.0. The van der Waals surface area contributed by atoms with Crippen molar-refractivity contribution in [1.82, 2.24) is 19.6 Å². The van der Waals surface area contributed by atoms with E-state index in [0.717, 1.165) is 6.42 Å². The van der Waals surface area contributed by atoms with E-state index in [1.165, 1.54) is 10.6 Å². The van der Waals surface area contributed by atoms with Crippen LogP contribution in [0.25, 0.3) is 5.78 Å². The molecule has 0 radical (unpaired) electrons. The summed E-state index contributed by atoms with van der Waals surface area (Å²) in [5.41, 5.74) is 1.01. The molecule has 26 heavy (non-hydrogen) atoms. The van der Waals surface area contributed by atoms with Gasteiger partial charge >= 0.3 is 0 Å². The van der Waals surface area contributed by atoms with E-state index in [2.05, 4.69) is 15.1 Å². The third-order valence-electron chi connectivity index (χ3n) is 3.95. The fourth-order valence-electron chi connectivity index (χ4n) is 2.77. The topological polar surface area (TPSA) is 92.6 Å². The van der Waals surface area contributed by atoms with Crippen LogP contribution in [0, 0.1) is 6.92 Å². The third kappa shape index (κ3) is 3.44. The molecule has 2 heterocycles. The number of nitrogens with one attached hydrogen (secondary N) is 1. The summed E-state index contributed by atoms with van der Waals surface area (Å²) >= 11 is 0. The highest BCUT2D eigenvalue weighted by molar-refractivity contribution is 5.94. The van der Waals surface area contributed by atoms with Crippen LogP contribution in [0.1, 0.15) is 31.3 Å². The molecule has 3 rings (SSSR count). The van der Waals surface area contributed by atoms with Gasteiger partial charge in [0.1, 0.15) is 11.6 Å². The number of amides is 1. The highest BCUT2D eigenvalue weighted by Crippen LogP contribution is 2.29. The Bertz CT molecular complexity index is 992. The molecular formula is C18H21N5O3. The lowest BCUT2D eigenvalue weighted by atomic mass is 10.2. The molecule has 0 bridgehead atoms. The highest BCUT2D eigenvalue weighted by Gasteiger charge is 2.21. The second-order valence-corrected chi connectivity index (χ2v) is 5.94. The number of ether oxygens (including phenoxy) is 1. The number of aromatic nitrogens is 4. The number of fused-ring (bicyclic) bond motifs is 1. The van der Waals surface area contributed by atoms with Crippen LogP contribution < -0.4 is 15.2 Å². The van der Waals surface area contributed by atoms with Crippen LogP contribution in [0.2, 0.25) is 0 Å². The van der Waals surface area contributed by atoms with Crippen molar-refractivity contribution in [2.45, 2.75) is 33.2 Å². The van der Waals surface area contributed by atoms with E-state index in [1.54, 1.807) is 25.0 Å². The number of carbonyl (C=O) groups excluding carboxylic acids is 1. The number of carbonyl (C=O) groups is 1. The Balaban J connectivity index is 2.02. The number of H-pyrrole nitrogens is 1. The summed E-state index contributed by atoms with van der Waals surface area (Å²) in [5.74, 6) is 1.30. The maximum atomic E-state index is 12.7. The molecule has 0 saturated heterocycles. The molecule has 0 aliphatic heterocycles. The van der Waals surface area contributed by atoms with E-state index in [-0.39, 0.29) is 23.8 Å². The van der Waals surface area contributed by atoms with Gasteiger partial charge < -0.3 is 9.64 Å². The van der Waals surface area contributed by atoms with E-state index in [4.69, 9.17) is 4.74 Å². The first kappa shape index (κ1) is 17.7. The molecule has 1 N–H and O–H groups in total. The van der Waals surface area contributed by atoms with E-state index in [0.29, 0.717) is 29.4 Å². The van der Waals surface area contributed by atoms with Gasteiger partial charge in [-0.05, 0) is 25.5 Å². The number of aryl methyl sites for hydroxylation is 1. The van der Waals surface area contributed by atoms with Gasteiger partial charge in [0.15, 0.2) is 0 Å². The van der Waals surface area contributed by atoms with Gasteiger partial charge in [0.05, 0.1) is 19.3 Å². The molecule has 0 aliphatic carbocycles. The first-order valence-electron chi connectivity index (χ1n) is 8.42. The lowest BCUT2D eigenvalue weighted by Gasteiger charge is -2.23. The van der Waals surface area contributed by atoms with Gasteiger partial charge in [-0.1, -0.05) is 19.1 Å². The number of rotatable bonds is 6. The van der Waals surface area contributed by atoms with E-state index in [1.807, 2.05) is 25.1 Å². The second kappa shape index (κ2) is 7.38. The minimum Gasteiger partial charge on any atom is -0.495 e. The van der Waals surface area contributed by atoms with Crippen molar-refractivity contribution in [1.29, 1.82) is 0 Å². The zero-order valence-corrected chi connectivity index (χ0v) is 15.0. The van der Waals surface area contributed by atoms with Crippen molar-refractivity contribution < 1.29 is 9.53 Å². The summed E-state index contributed by atoms with van der Waals surface area (Å²) in [6.07, 6.45) is 1.13. The molecule has 0 spiro atoms. The monoisotopic (exact) mass is 355 g/mol. The molecule has 0 fully saturated rings. The standard InChI is InChI=1S/C18H21N5O3/c1-4-7-16(24)22(13-8-5-6-9-14(13)26-3)11-15-20-18-19-12(2)10-17(25)23(18)21-15/h5-6,8-10H,4,7,11H2,1-3H3,(H,19,20,21). The summed E-state index contributed by atoms with van der Waals surface area (Å²) in [6, 6.07) is 8.74. The highest BCUT2D eigenvalue weighted by atomic mass is 16.5. The Hall–Kier alpha value is -3.16. The molecule has 8 nitrogen and oxygen atoms in total. The number of anilines is 1. The van der Waals surface area contributed by atoms with E-state index >= 15 is 0 Å². The summed E-state index contributed by atoms with van der Waals surface area (Å²) in [7, 11) is 1.56. The summed E-state index contributed by atoms with van der Waals surface area (Å²) in [5, 5.41) is 2.92. The van der Waals surface area contributed by atoms with Gasteiger partial charge in [-0.2, -0.15) is 9.50 Å². The second-order valence-electron chi connectivity index (χ2n) is 5.94. The minimum absolute atomic E-state index is 0.0473. The van der Waals surface area contributed by atoms with Gasteiger partial charge in [0.2, 0.25) is 5.91 Å². The van der Waals surface area contributed by atoms with Crippen LogP contribution in [-0.2, 0) is 11.3 Å². The van der Waals surface area contributed by atoms with Crippen molar-refractivity contribution in [2.75, 3.05) is 12.0 Å². The molecule has 1 aromatic carbocycles. The average Bonchev–Trinajstić information content (AvgIpc) is 3.02. The zero-order chi connectivity index (χ0) is 18.7. The Labute approximate surface area is 150 Å². The van der Waals surface area contributed by atoms with Crippen LogP contribution in [0.5, 0.6) is 5.75 Å². The quantitative estimate of drug-likeness (QED) is 0.731. The lowest BCUT2D eigenvalue weighted by Crippen LogP contribution is -2.31. The van der Waals surface area contributed by atoms with Crippen molar-refractivity contribution >= 4 is 17.4 Å². The van der Waals surface area contributed by atoms with Gasteiger partial charge in [0.25, 0.3) is 11.3 Å². The van der Waals surface area contributed by atoms with Crippen molar-refractivity contribution in [3.63, 3.8) is 0 Å². The molecule has 1 amide bonds.